The molecule has 2 aromatic rings. The molecule has 0 fully saturated rings. The third-order valence-electron chi connectivity index (χ3n) is 3.13. The molecule has 0 saturated heterocycles. The van der Waals surface area contributed by atoms with Crippen molar-refractivity contribution < 1.29 is 14.7 Å². The van der Waals surface area contributed by atoms with Gasteiger partial charge < -0.3 is 15.3 Å². The number of hydrogen-bond donors (Lipinski definition) is 2. The van der Waals surface area contributed by atoms with Crippen molar-refractivity contribution in [1.82, 2.24) is 14.9 Å². The summed E-state index contributed by atoms with van der Waals surface area (Å²) in [6.07, 6.45) is 4.35. The molecule has 122 valence electrons. The summed E-state index contributed by atoms with van der Waals surface area (Å²) >= 11 is 1.19. The molecule has 8 heteroatoms. The maximum absolute atomic E-state index is 11.3. The van der Waals surface area contributed by atoms with Crippen molar-refractivity contribution in [3.8, 4) is 0 Å². The van der Waals surface area contributed by atoms with Crippen molar-refractivity contribution in [3.05, 3.63) is 40.7 Å². The lowest BCUT2D eigenvalue weighted by Crippen LogP contribution is -2.21. The Labute approximate surface area is 138 Å². The van der Waals surface area contributed by atoms with Gasteiger partial charge in [-0.3, -0.25) is 9.78 Å². The van der Waals surface area contributed by atoms with Crippen LogP contribution in [0.3, 0.4) is 0 Å². The van der Waals surface area contributed by atoms with Gasteiger partial charge in [-0.25, -0.2) is 9.78 Å². The second-order valence-electron chi connectivity index (χ2n) is 5.12. The van der Waals surface area contributed by atoms with E-state index in [4.69, 9.17) is 0 Å². The largest absolute Gasteiger partial charge is 0.476 e. The summed E-state index contributed by atoms with van der Waals surface area (Å²) in [5.41, 5.74) is 1.17. The average Bonchev–Trinajstić information content (AvgIpc) is 2.88. The van der Waals surface area contributed by atoms with Crippen molar-refractivity contribution in [2.45, 2.75) is 19.9 Å². The number of rotatable bonds is 7. The second-order valence-corrected chi connectivity index (χ2v) is 6.20. The van der Waals surface area contributed by atoms with E-state index in [9.17, 15) is 14.7 Å². The molecule has 0 aliphatic heterocycles. The number of carbonyl (C=O) groups excluding carboxylic acids is 1. The maximum atomic E-state index is 11.3. The number of hydrogen-bond acceptors (Lipinski definition) is 6. The maximum Gasteiger partial charge on any atom is 0.355 e. The highest BCUT2D eigenvalue weighted by Gasteiger charge is 2.19. The van der Waals surface area contributed by atoms with E-state index in [-0.39, 0.29) is 11.6 Å². The number of nitrogens with one attached hydrogen (secondary N) is 1. The van der Waals surface area contributed by atoms with Gasteiger partial charge in [0.05, 0.1) is 4.88 Å². The van der Waals surface area contributed by atoms with Crippen LogP contribution in [0, 0.1) is 0 Å². The van der Waals surface area contributed by atoms with E-state index in [1.54, 1.807) is 12.4 Å². The Balaban J connectivity index is 2.01. The molecule has 0 unspecified atom stereocenters. The van der Waals surface area contributed by atoms with Crippen LogP contribution >= 0.6 is 11.3 Å². The number of amides is 1. The van der Waals surface area contributed by atoms with Crippen LogP contribution in [-0.2, 0) is 17.8 Å². The lowest BCUT2D eigenvalue weighted by Gasteiger charge is -2.15. The fourth-order valence-corrected chi connectivity index (χ4v) is 3.10. The fourth-order valence-electron chi connectivity index (χ4n) is 2.02. The van der Waals surface area contributed by atoms with Crippen LogP contribution in [0.15, 0.2) is 24.5 Å². The first-order chi connectivity index (χ1) is 11.0. The molecule has 0 aromatic carbocycles. The molecule has 23 heavy (non-hydrogen) atoms. The van der Waals surface area contributed by atoms with Crippen LogP contribution in [0.5, 0.6) is 0 Å². The Hall–Kier alpha value is -2.32. The van der Waals surface area contributed by atoms with Gasteiger partial charge in [0.2, 0.25) is 5.91 Å². The van der Waals surface area contributed by atoms with Gasteiger partial charge in [-0.1, -0.05) is 11.3 Å². The third-order valence-corrected chi connectivity index (χ3v) is 4.08. The van der Waals surface area contributed by atoms with Gasteiger partial charge in [0.15, 0.2) is 10.8 Å². The van der Waals surface area contributed by atoms with E-state index in [1.165, 1.54) is 23.8 Å². The van der Waals surface area contributed by atoms with Crippen LogP contribution < -0.4 is 5.32 Å². The lowest BCUT2D eigenvalue weighted by atomic mass is 10.2. The van der Waals surface area contributed by atoms with Crippen molar-refractivity contribution >= 4 is 28.3 Å². The molecular weight excluding hydrogens is 316 g/mol. The van der Waals surface area contributed by atoms with Gasteiger partial charge >= 0.3 is 5.97 Å². The number of carboxylic acids is 1. The molecule has 0 saturated carbocycles. The SMILES string of the molecule is CC(=O)Nc1nc(C(=O)O)c(CN(C)CCc2ccncc2)s1. The topological polar surface area (TPSA) is 95.4 Å². The summed E-state index contributed by atoms with van der Waals surface area (Å²) in [5.74, 6) is -1.36. The molecule has 0 spiro atoms. The molecule has 0 radical (unpaired) electrons. The first-order valence-electron chi connectivity index (χ1n) is 7.03. The van der Waals surface area contributed by atoms with Crippen LogP contribution in [0.25, 0.3) is 0 Å². The van der Waals surface area contributed by atoms with E-state index in [0.717, 1.165) is 13.0 Å². The summed E-state index contributed by atoms with van der Waals surface area (Å²) in [5, 5.41) is 12.1. The first kappa shape index (κ1) is 17.0. The Morgan fingerprint density at radius 1 is 1.35 bits per heavy atom. The van der Waals surface area contributed by atoms with Crippen LogP contribution in [0.1, 0.15) is 27.9 Å². The Morgan fingerprint density at radius 2 is 2.04 bits per heavy atom. The van der Waals surface area contributed by atoms with Crippen LogP contribution in [-0.4, -0.2) is 45.4 Å². The number of anilines is 1. The van der Waals surface area contributed by atoms with Gasteiger partial charge in [0.1, 0.15) is 0 Å². The molecule has 0 aliphatic rings. The summed E-state index contributed by atoms with van der Waals surface area (Å²) < 4.78 is 0. The molecule has 2 rings (SSSR count). The molecule has 0 bridgehead atoms. The van der Waals surface area contributed by atoms with Crippen LogP contribution in [0.2, 0.25) is 0 Å². The van der Waals surface area contributed by atoms with E-state index in [1.807, 2.05) is 24.1 Å². The van der Waals surface area contributed by atoms with E-state index in [0.29, 0.717) is 16.6 Å². The molecule has 0 aliphatic carbocycles. The minimum absolute atomic E-state index is 0.00508. The van der Waals surface area contributed by atoms with Crippen molar-refractivity contribution in [2.75, 3.05) is 18.9 Å². The lowest BCUT2D eigenvalue weighted by molar-refractivity contribution is -0.114. The highest BCUT2D eigenvalue weighted by molar-refractivity contribution is 7.16. The van der Waals surface area contributed by atoms with Crippen LogP contribution in [0.4, 0.5) is 5.13 Å². The molecule has 2 heterocycles. The zero-order valence-corrected chi connectivity index (χ0v) is 13.8. The zero-order valence-electron chi connectivity index (χ0n) is 12.9. The molecule has 2 N–H and O–H groups in total. The summed E-state index contributed by atoms with van der Waals surface area (Å²) in [6.45, 7) is 2.60. The zero-order chi connectivity index (χ0) is 16.8. The number of thiazole rings is 1. The number of aromatic carboxylic acids is 1. The van der Waals surface area contributed by atoms with Crippen molar-refractivity contribution in [2.24, 2.45) is 0 Å². The molecule has 7 nitrogen and oxygen atoms in total. The summed E-state index contributed by atoms with van der Waals surface area (Å²) in [6, 6.07) is 3.91. The predicted molar refractivity (Wildman–Crippen MR) is 87.7 cm³/mol. The minimum Gasteiger partial charge on any atom is -0.476 e. The van der Waals surface area contributed by atoms with Gasteiger partial charge in [-0.2, -0.15) is 0 Å². The number of likely N-dealkylation sites (N-methyl/N-ethyl adjacent to an activating group) is 1. The average molecular weight is 334 g/mol. The van der Waals surface area contributed by atoms with Gasteiger partial charge in [0.25, 0.3) is 0 Å². The minimum atomic E-state index is -1.09. The first-order valence-corrected chi connectivity index (χ1v) is 7.85. The molecule has 1 amide bonds. The summed E-state index contributed by atoms with van der Waals surface area (Å²) in [4.78, 5) is 33.0. The summed E-state index contributed by atoms with van der Waals surface area (Å²) in [7, 11) is 1.92. The van der Waals surface area contributed by atoms with E-state index in [2.05, 4.69) is 15.3 Å². The number of carbonyl (C=O) groups is 2. The standard InChI is InChI=1S/C15H18N4O3S/c1-10(20)17-15-18-13(14(21)22)12(23-15)9-19(2)8-5-11-3-6-16-7-4-11/h3-4,6-7H,5,8-9H2,1-2H3,(H,21,22)(H,17,18,20). The van der Waals surface area contributed by atoms with E-state index < -0.39 is 5.97 Å². The highest BCUT2D eigenvalue weighted by Crippen LogP contribution is 2.24. The molecule has 0 atom stereocenters. The number of aromatic nitrogens is 2. The quantitative estimate of drug-likeness (QED) is 0.802. The number of pyridine rings is 1. The smallest absolute Gasteiger partial charge is 0.355 e. The third kappa shape index (κ3) is 5.11. The Kier molecular flexibility index (Phi) is 5.78. The van der Waals surface area contributed by atoms with Gasteiger partial charge in [-0.05, 0) is 31.2 Å². The predicted octanol–water partition coefficient (Wildman–Crippen LogP) is 1.87. The Bertz CT molecular complexity index is 687. The van der Waals surface area contributed by atoms with Gasteiger partial charge in [0, 0.05) is 32.4 Å². The van der Waals surface area contributed by atoms with E-state index >= 15 is 0 Å². The molecular formula is C15H18N4O3S. The van der Waals surface area contributed by atoms with Crippen molar-refractivity contribution in [1.29, 1.82) is 0 Å². The fraction of sp³-hybridized carbons (Fsp3) is 0.333. The Morgan fingerprint density at radius 3 is 2.65 bits per heavy atom. The number of carboxylic acid groups (broad SMARTS) is 1. The number of nitrogens with zero attached hydrogens (tertiary/aromatic N) is 3. The van der Waals surface area contributed by atoms with Crippen molar-refractivity contribution in [3.63, 3.8) is 0 Å². The molecule has 2 aromatic heterocycles. The second kappa shape index (κ2) is 7.80. The highest BCUT2D eigenvalue weighted by atomic mass is 32.1. The normalized spacial score (nSPS) is 10.7. The monoisotopic (exact) mass is 334 g/mol. The van der Waals surface area contributed by atoms with Gasteiger partial charge in [-0.15, -0.1) is 0 Å².